The Morgan fingerprint density at radius 1 is 1.20 bits per heavy atom. The number of thioether (sulfide) groups is 1. The van der Waals surface area contributed by atoms with Crippen LogP contribution in [0.25, 0.3) is 0 Å². The van der Waals surface area contributed by atoms with Crippen molar-refractivity contribution < 1.29 is 4.79 Å². The molecule has 7 heteroatoms. The molecular weight excluding hydrogens is 377 g/mol. The summed E-state index contributed by atoms with van der Waals surface area (Å²) < 4.78 is 0. The molecule has 1 atom stereocenters. The molecule has 1 heterocycles. The molecule has 0 radical (unpaired) electrons. The lowest BCUT2D eigenvalue weighted by Crippen LogP contribution is -2.48. The highest BCUT2D eigenvalue weighted by molar-refractivity contribution is 8.14. The van der Waals surface area contributed by atoms with Gasteiger partial charge in [0.15, 0.2) is 5.17 Å². The Hall–Kier alpha value is -0.910. The second kappa shape index (κ2) is 8.19. The molecule has 1 aromatic rings. The number of hydrogen-bond donors (Lipinski definition) is 0. The standard InChI is InChI=1S/C18H23Cl2N3OS/c1-12(24)23(16-9-13(19)8-14(20)10-16)17-11-25-18(22(17)2)21-15-6-4-3-5-7-15/h8-10,15,17H,3-7,11H2,1-2H3. The molecular formula is C18H23Cl2N3OS. The summed E-state index contributed by atoms with van der Waals surface area (Å²) in [6.07, 6.45) is 6.10. The maximum atomic E-state index is 12.4. The topological polar surface area (TPSA) is 35.9 Å². The third-order valence-corrected chi connectivity index (χ3v) is 6.29. The zero-order valence-electron chi connectivity index (χ0n) is 14.5. The van der Waals surface area contributed by atoms with E-state index in [1.165, 1.54) is 32.1 Å². The predicted octanol–water partition coefficient (Wildman–Crippen LogP) is 5.04. The number of rotatable bonds is 3. The van der Waals surface area contributed by atoms with Crippen LogP contribution in [0.4, 0.5) is 5.69 Å². The van der Waals surface area contributed by atoms with Crippen LogP contribution in [0.2, 0.25) is 10.0 Å². The fraction of sp³-hybridized carbons (Fsp3) is 0.556. The number of benzene rings is 1. The van der Waals surface area contributed by atoms with Crippen molar-refractivity contribution in [2.24, 2.45) is 4.99 Å². The smallest absolute Gasteiger partial charge is 0.225 e. The lowest BCUT2D eigenvalue weighted by molar-refractivity contribution is -0.117. The maximum Gasteiger partial charge on any atom is 0.225 e. The van der Waals surface area contributed by atoms with Gasteiger partial charge in [-0.05, 0) is 31.0 Å². The highest BCUT2D eigenvalue weighted by Gasteiger charge is 2.35. The lowest BCUT2D eigenvalue weighted by atomic mass is 9.96. The molecule has 0 aromatic heterocycles. The fourth-order valence-electron chi connectivity index (χ4n) is 3.47. The second-order valence-corrected chi connectivity index (χ2v) is 8.48. The Morgan fingerprint density at radius 3 is 2.44 bits per heavy atom. The molecule has 3 rings (SSSR count). The highest BCUT2D eigenvalue weighted by Crippen LogP contribution is 2.33. The van der Waals surface area contributed by atoms with Gasteiger partial charge >= 0.3 is 0 Å². The summed E-state index contributed by atoms with van der Waals surface area (Å²) in [6.45, 7) is 1.57. The Balaban J connectivity index is 1.83. The van der Waals surface area contributed by atoms with Crippen molar-refractivity contribution in [3.05, 3.63) is 28.2 Å². The first kappa shape index (κ1) is 18.9. The summed E-state index contributed by atoms with van der Waals surface area (Å²) in [4.78, 5) is 21.2. The summed E-state index contributed by atoms with van der Waals surface area (Å²) in [5.74, 6) is 0.751. The Bertz CT molecular complexity index is 656. The van der Waals surface area contributed by atoms with Crippen LogP contribution in [0, 0.1) is 0 Å². The molecule has 0 N–H and O–H groups in total. The molecule has 0 bridgehead atoms. The predicted molar refractivity (Wildman–Crippen MR) is 108 cm³/mol. The number of anilines is 1. The monoisotopic (exact) mass is 399 g/mol. The van der Waals surface area contributed by atoms with E-state index < -0.39 is 0 Å². The molecule has 1 aliphatic heterocycles. The van der Waals surface area contributed by atoms with Crippen LogP contribution in [0.15, 0.2) is 23.2 Å². The van der Waals surface area contributed by atoms with Crippen molar-refractivity contribution in [3.8, 4) is 0 Å². The molecule has 4 nitrogen and oxygen atoms in total. The zero-order valence-corrected chi connectivity index (χ0v) is 16.9. The first-order valence-corrected chi connectivity index (χ1v) is 10.4. The largest absolute Gasteiger partial charge is 0.333 e. The Labute approximate surface area is 163 Å². The van der Waals surface area contributed by atoms with Gasteiger partial charge in [-0.25, -0.2) is 0 Å². The highest BCUT2D eigenvalue weighted by atomic mass is 35.5. The van der Waals surface area contributed by atoms with E-state index >= 15 is 0 Å². The van der Waals surface area contributed by atoms with Gasteiger partial charge in [-0.2, -0.15) is 0 Å². The van der Waals surface area contributed by atoms with E-state index in [1.54, 1.807) is 41.8 Å². The normalized spacial score (nSPS) is 23.3. The van der Waals surface area contributed by atoms with Crippen LogP contribution in [0.3, 0.4) is 0 Å². The first-order valence-electron chi connectivity index (χ1n) is 8.65. The first-order chi connectivity index (χ1) is 12.0. The minimum atomic E-state index is -0.0839. The number of hydrogen-bond acceptors (Lipinski definition) is 3. The molecule has 0 spiro atoms. The zero-order chi connectivity index (χ0) is 18.0. The quantitative estimate of drug-likeness (QED) is 0.713. The molecule has 2 fully saturated rings. The van der Waals surface area contributed by atoms with E-state index in [0.717, 1.165) is 16.6 Å². The summed E-state index contributed by atoms with van der Waals surface area (Å²) in [7, 11) is 2.01. The van der Waals surface area contributed by atoms with Gasteiger partial charge in [-0.15, -0.1) is 0 Å². The molecule has 1 amide bonds. The summed E-state index contributed by atoms with van der Waals surface area (Å²) >= 11 is 14.0. The molecule has 136 valence electrons. The SMILES string of the molecule is CC(=O)N(c1cc(Cl)cc(Cl)c1)C1CSC(=NC2CCCCC2)N1C. The van der Waals surface area contributed by atoms with Crippen molar-refractivity contribution in [2.45, 2.75) is 51.2 Å². The van der Waals surface area contributed by atoms with E-state index in [1.807, 2.05) is 7.05 Å². The van der Waals surface area contributed by atoms with Gasteiger partial charge in [0, 0.05) is 35.5 Å². The summed E-state index contributed by atoms with van der Waals surface area (Å²) in [5.41, 5.74) is 0.723. The van der Waals surface area contributed by atoms with Crippen LogP contribution >= 0.6 is 35.0 Å². The van der Waals surface area contributed by atoms with Gasteiger partial charge in [0.2, 0.25) is 5.91 Å². The molecule has 1 saturated carbocycles. The Morgan fingerprint density at radius 2 is 1.84 bits per heavy atom. The number of carbonyl (C=O) groups is 1. The fourth-order valence-corrected chi connectivity index (χ4v) is 5.21. The number of nitrogens with zero attached hydrogens (tertiary/aromatic N) is 3. The molecule has 25 heavy (non-hydrogen) atoms. The third kappa shape index (κ3) is 4.44. The average molecular weight is 400 g/mol. The van der Waals surface area contributed by atoms with Crippen molar-refractivity contribution in [3.63, 3.8) is 0 Å². The molecule has 1 aliphatic carbocycles. The van der Waals surface area contributed by atoms with Crippen molar-refractivity contribution in [1.82, 2.24) is 4.90 Å². The van der Waals surface area contributed by atoms with E-state index in [-0.39, 0.29) is 12.1 Å². The summed E-state index contributed by atoms with van der Waals surface area (Å²) in [5, 5.41) is 2.08. The van der Waals surface area contributed by atoms with Gasteiger partial charge in [-0.1, -0.05) is 54.2 Å². The third-order valence-electron chi connectivity index (χ3n) is 4.74. The van der Waals surface area contributed by atoms with Crippen LogP contribution in [0.1, 0.15) is 39.0 Å². The van der Waals surface area contributed by atoms with Crippen molar-refractivity contribution in [2.75, 3.05) is 17.7 Å². The number of carbonyl (C=O) groups excluding carboxylic acids is 1. The van der Waals surface area contributed by atoms with E-state index in [0.29, 0.717) is 16.1 Å². The van der Waals surface area contributed by atoms with Crippen LogP contribution < -0.4 is 4.90 Å². The molecule has 2 aliphatic rings. The number of halogens is 2. The van der Waals surface area contributed by atoms with Gasteiger partial charge < -0.3 is 4.90 Å². The minimum absolute atomic E-state index is 0.0327. The van der Waals surface area contributed by atoms with Gasteiger partial charge in [0.1, 0.15) is 6.17 Å². The second-order valence-electron chi connectivity index (χ2n) is 6.62. The van der Waals surface area contributed by atoms with Crippen molar-refractivity contribution >= 4 is 51.7 Å². The van der Waals surface area contributed by atoms with Gasteiger partial charge in [0.25, 0.3) is 0 Å². The van der Waals surface area contributed by atoms with Gasteiger partial charge in [-0.3, -0.25) is 14.7 Å². The molecule has 1 unspecified atom stereocenters. The van der Waals surface area contributed by atoms with E-state index in [9.17, 15) is 4.79 Å². The minimum Gasteiger partial charge on any atom is -0.333 e. The Kier molecular flexibility index (Phi) is 6.18. The number of amides is 1. The van der Waals surface area contributed by atoms with E-state index in [4.69, 9.17) is 28.2 Å². The molecule has 1 aromatic carbocycles. The lowest BCUT2D eigenvalue weighted by Gasteiger charge is -2.33. The van der Waals surface area contributed by atoms with Crippen LogP contribution in [0.5, 0.6) is 0 Å². The summed E-state index contributed by atoms with van der Waals surface area (Å²) in [6, 6.07) is 5.66. The number of aliphatic imine (C=N–C) groups is 1. The maximum absolute atomic E-state index is 12.4. The van der Waals surface area contributed by atoms with Crippen LogP contribution in [-0.4, -0.2) is 41.0 Å². The van der Waals surface area contributed by atoms with Crippen molar-refractivity contribution in [1.29, 1.82) is 0 Å². The van der Waals surface area contributed by atoms with Gasteiger partial charge in [0.05, 0.1) is 6.04 Å². The van der Waals surface area contributed by atoms with E-state index in [2.05, 4.69) is 4.90 Å². The van der Waals surface area contributed by atoms with Crippen LogP contribution in [-0.2, 0) is 4.79 Å². The number of amidine groups is 1. The average Bonchev–Trinajstić information content (AvgIpc) is 2.89. The molecule has 1 saturated heterocycles.